The maximum absolute atomic E-state index is 11.1. The first kappa shape index (κ1) is 8.33. The minimum absolute atomic E-state index is 0.113. The van der Waals surface area contributed by atoms with Crippen molar-refractivity contribution < 1.29 is 9.53 Å². The van der Waals surface area contributed by atoms with Crippen LogP contribution < -0.4 is 5.73 Å². The lowest BCUT2D eigenvalue weighted by molar-refractivity contribution is 0.134. The van der Waals surface area contributed by atoms with Gasteiger partial charge in [0, 0.05) is 6.04 Å². The Labute approximate surface area is 66.3 Å². The molecule has 0 radical (unpaired) electrons. The number of ether oxygens (including phenoxy) is 1. The maximum atomic E-state index is 11.1. The van der Waals surface area contributed by atoms with Crippen LogP contribution in [0.2, 0.25) is 0 Å². The second kappa shape index (κ2) is 2.70. The number of nitrogens with zero attached hydrogens (tertiary/aromatic N) is 1. The summed E-state index contributed by atoms with van der Waals surface area (Å²) in [5.74, 6) is 0. The van der Waals surface area contributed by atoms with Crippen molar-refractivity contribution in [3.8, 4) is 0 Å². The van der Waals surface area contributed by atoms with Gasteiger partial charge in [0.2, 0.25) is 0 Å². The third-order valence-corrected chi connectivity index (χ3v) is 1.86. The summed E-state index contributed by atoms with van der Waals surface area (Å²) in [5.41, 5.74) is 5.69. The SMILES string of the molecule is CC1OC(=O)N(C(C)C)C1N. The fourth-order valence-electron chi connectivity index (χ4n) is 1.19. The van der Waals surface area contributed by atoms with E-state index in [1.165, 1.54) is 0 Å². The second-order valence-corrected chi connectivity index (χ2v) is 3.08. The maximum Gasteiger partial charge on any atom is 0.411 e. The topological polar surface area (TPSA) is 55.6 Å². The van der Waals surface area contributed by atoms with E-state index in [9.17, 15) is 4.79 Å². The highest BCUT2D eigenvalue weighted by Crippen LogP contribution is 2.17. The van der Waals surface area contributed by atoms with Crippen molar-refractivity contribution in [3.63, 3.8) is 0 Å². The van der Waals surface area contributed by atoms with Crippen LogP contribution >= 0.6 is 0 Å². The van der Waals surface area contributed by atoms with Gasteiger partial charge in [0.05, 0.1) is 0 Å². The monoisotopic (exact) mass is 158 g/mol. The zero-order valence-corrected chi connectivity index (χ0v) is 7.07. The summed E-state index contributed by atoms with van der Waals surface area (Å²) in [5, 5.41) is 0. The van der Waals surface area contributed by atoms with Gasteiger partial charge in [-0.25, -0.2) is 4.79 Å². The molecule has 1 aliphatic rings. The van der Waals surface area contributed by atoms with Gasteiger partial charge in [-0.15, -0.1) is 0 Å². The van der Waals surface area contributed by atoms with E-state index in [4.69, 9.17) is 10.5 Å². The molecule has 4 nitrogen and oxygen atoms in total. The van der Waals surface area contributed by atoms with Crippen molar-refractivity contribution in [2.45, 2.75) is 39.1 Å². The largest absolute Gasteiger partial charge is 0.443 e. The van der Waals surface area contributed by atoms with E-state index in [0.29, 0.717) is 0 Å². The summed E-state index contributed by atoms with van der Waals surface area (Å²) in [6.07, 6.45) is -0.785. The molecule has 0 aromatic heterocycles. The smallest absolute Gasteiger partial charge is 0.411 e. The van der Waals surface area contributed by atoms with Gasteiger partial charge in [-0.05, 0) is 20.8 Å². The molecule has 2 unspecified atom stereocenters. The molecule has 11 heavy (non-hydrogen) atoms. The first-order valence-corrected chi connectivity index (χ1v) is 3.78. The van der Waals surface area contributed by atoms with Gasteiger partial charge >= 0.3 is 6.09 Å². The number of hydrogen-bond donors (Lipinski definition) is 1. The Hall–Kier alpha value is -0.770. The number of rotatable bonds is 1. The van der Waals surface area contributed by atoms with Gasteiger partial charge < -0.3 is 10.5 Å². The molecule has 0 aliphatic carbocycles. The molecule has 0 saturated carbocycles. The lowest BCUT2D eigenvalue weighted by atomic mass is 10.2. The third-order valence-electron chi connectivity index (χ3n) is 1.86. The van der Waals surface area contributed by atoms with Crippen LogP contribution in [-0.2, 0) is 4.74 Å². The minimum atomic E-state index is -0.306. The molecule has 0 spiro atoms. The van der Waals surface area contributed by atoms with E-state index in [-0.39, 0.29) is 24.4 Å². The lowest BCUT2D eigenvalue weighted by Crippen LogP contribution is -2.46. The van der Waals surface area contributed by atoms with E-state index in [1.807, 2.05) is 13.8 Å². The molecular formula is C7H14N2O2. The number of cyclic esters (lactones) is 1. The minimum Gasteiger partial charge on any atom is -0.443 e. The van der Waals surface area contributed by atoms with Crippen molar-refractivity contribution in [2.24, 2.45) is 5.73 Å². The molecule has 2 N–H and O–H groups in total. The van der Waals surface area contributed by atoms with Gasteiger partial charge in [-0.1, -0.05) is 0 Å². The Morgan fingerprint density at radius 2 is 2.18 bits per heavy atom. The Bertz CT molecular complexity index is 170. The molecule has 2 atom stereocenters. The quantitative estimate of drug-likeness (QED) is 0.605. The standard InChI is InChI=1S/C7H14N2O2/c1-4(2)9-6(8)5(3)11-7(9)10/h4-6H,8H2,1-3H3. The first-order chi connectivity index (χ1) is 5.04. The summed E-state index contributed by atoms with van der Waals surface area (Å²) in [7, 11) is 0. The molecule has 0 aromatic carbocycles. The van der Waals surface area contributed by atoms with Gasteiger partial charge in [-0.3, -0.25) is 4.90 Å². The summed E-state index contributed by atoms with van der Waals surface area (Å²) in [4.78, 5) is 12.6. The summed E-state index contributed by atoms with van der Waals surface area (Å²) < 4.78 is 4.91. The van der Waals surface area contributed by atoms with E-state index >= 15 is 0 Å². The van der Waals surface area contributed by atoms with E-state index in [1.54, 1.807) is 11.8 Å². The third kappa shape index (κ3) is 1.30. The van der Waals surface area contributed by atoms with Crippen LogP contribution in [0.5, 0.6) is 0 Å². The molecular weight excluding hydrogens is 144 g/mol. The second-order valence-electron chi connectivity index (χ2n) is 3.08. The molecule has 1 amide bonds. The molecule has 4 heteroatoms. The number of hydrogen-bond acceptors (Lipinski definition) is 3. The molecule has 1 heterocycles. The molecule has 1 aliphatic heterocycles. The highest BCUT2D eigenvalue weighted by molar-refractivity contribution is 5.70. The van der Waals surface area contributed by atoms with Crippen molar-refractivity contribution in [2.75, 3.05) is 0 Å². The summed E-state index contributed by atoms with van der Waals surface area (Å²) >= 11 is 0. The van der Waals surface area contributed by atoms with Crippen molar-refractivity contribution >= 4 is 6.09 Å². The zero-order valence-electron chi connectivity index (χ0n) is 7.07. The predicted molar refractivity (Wildman–Crippen MR) is 40.9 cm³/mol. The van der Waals surface area contributed by atoms with E-state index in [2.05, 4.69) is 0 Å². The summed E-state index contributed by atoms with van der Waals surface area (Å²) in [6.45, 7) is 5.63. The zero-order chi connectivity index (χ0) is 8.59. The Balaban J connectivity index is 2.71. The highest BCUT2D eigenvalue weighted by atomic mass is 16.6. The van der Waals surface area contributed by atoms with Crippen LogP contribution in [0.3, 0.4) is 0 Å². The Morgan fingerprint density at radius 3 is 2.36 bits per heavy atom. The van der Waals surface area contributed by atoms with Crippen LogP contribution in [-0.4, -0.2) is 29.3 Å². The number of amides is 1. The van der Waals surface area contributed by atoms with Crippen molar-refractivity contribution in [1.29, 1.82) is 0 Å². The Kier molecular flexibility index (Phi) is 2.04. The Morgan fingerprint density at radius 1 is 1.64 bits per heavy atom. The average Bonchev–Trinajstić information content (AvgIpc) is 2.07. The fraction of sp³-hybridized carbons (Fsp3) is 0.857. The first-order valence-electron chi connectivity index (χ1n) is 3.78. The molecule has 1 rings (SSSR count). The number of carbonyl (C=O) groups excluding carboxylic acids is 1. The average molecular weight is 158 g/mol. The van der Waals surface area contributed by atoms with Gasteiger partial charge in [0.25, 0.3) is 0 Å². The number of carbonyl (C=O) groups is 1. The van der Waals surface area contributed by atoms with Crippen molar-refractivity contribution in [3.05, 3.63) is 0 Å². The van der Waals surface area contributed by atoms with Gasteiger partial charge in [-0.2, -0.15) is 0 Å². The van der Waals surface area contributed by atoms with E-state index in [0.717, 1.165) is 0 Å². The van der Waals surface area contributed by atoms with Crippen LogP contribution in [0.1, 0.15) is 20.8 Å². The van der Waals surface area contributed by atoms with Crippen LogP contribution in [0.4, 0.5) is 4.79 Å². The summed E-state index contributed by atoms with van der Waals surface area (Å²) in [6, 6.07) is 0.113. The van der Waals surface area contributed by atoms with E-state index < -0.39 is 0 Å². The molecule has 0 bridgehead atoms. The molecule has 64 valence electrons. The molecule has 1 saturated heterocycles. The van der Waals surface area contributed by atoms with Gasteiger partial charge in [0.15, 0.2) is 0 Å². The molecule has 0 aromatic rings. The van der Waals surface area contributed by atoms with Gasteiger partial charge in [0.1, 0.15) is 12.3 Å². The molecule has 1 fully saturated rings. The van der Waals surface area contributed by atoms with Crippen LogP contribution in [0.15, 0.2) is 0 Å². The lowest BCUT2D eigenvalue weighted by Gasteiger charge is -2.22. The fourth-order valence-corrected chi connectivity index (χ4v) is 1.19. The van der Waals surface area contributed by atoms with Crippen LogP contribution in [0, 0.1) is 0 Å². The number of nitrogens with two attached hydrogens (primary N) is 1. The normalized spacial score (nSPS) is 31.4. The highest BCUT2D eigenvalue weighted by Gasteiger charge is 2.37. The van der Waals surface area contributed by atoms with Crippen molar-refractivity contribution in [1.82, 2.24) is 4.90 Å². The predicted octanol–water partition coefficient (Wildman–Crippen LogP) is 0.520. The van der Waals surface area contributed by atoms with Crippen LogP contribution in [0.25, 0.3) is 0 Å².